The van der Waals surface area contributed by atoms with Crippen LogP contribution in [0.25, 0.3) is 5.65 Å². The molecule has 1 aliphatic rings. The summed E-state index contributed by atoms with van der Waals surface area (Å²) in [5.74, 6) is -0.442. The van der Waals surface area contributed by atoms with E-state index in [1.54, 1.807) is 10.7 Å². The van der Waals surface area contributed by atoms with Crippen LogP contribution in [0.15, 0.2) is 42.9 Å². The van der Waals surface area contributed by atoms with Crippen molar-refractivity contribution in [2.24, 2.45) is 17.4 Å². The third-order valence-electron chi connectivity index (χ3n) is 5.74. The first kappa shape index (κ1) is 20.8. The summed E-state index contributed by atoms with van der Waals surface area (Å²) in [5, 5.41) is 7.17. The largest absolute Gasteiger partial charge is 0.371 e. The summed E-state index contributed by atoms with van der Waals surface area (Å²) in [6, 6.07) is 8.09. The number of carbonyl (C=O) groups excluding carboxylic acids is 2. The molecule has 0 atom stereocenters. The highest BCUT2D eigenvalue weighted by atomic mass is 16.2. The van der Waals surface area contributed by atoms with Gasteiger partial charge in [-0.2, -0.15) is 5.10 Å². The number of anilines is 1. The second kappa shape index (κ2) is 9.13. The number of nitrogens with one attached hydrogen (secondary N) is 1. The van der Waals surface area contributed by atoms with Crippen molar-refractivity contribution < 1.29 is 9.59 Å². The Morgan fingerprint density at radius 2 is 1.84 bits per heavy atom. The minimum absolute atomic E-state index is 0.0209. The molecular formula is C22H27N7O2. The van der Waals surface area contributed by atoms with E-state index in [1.807, 2.05) is 30.5 Å². The second-order valence-electron chi connectivity index (χ2n) is 7.84. The van der Waals surface area contributed by atoms with Crippen LogP contribution in [0.4, 0.5) is 5.69 Å². The van der Waals surface area contributed by atoms with E-state index in [-0.39, 0.29) is 17.7 Å². The number of nitrogens with two attached hydrogens (primary N) is 2. The average Bonchev–Trinajstić information content (AvgIpc) is 3.21. The van der Waals surface area contributed by atoms with Gasteiger partial charge in [-0.15, -0.1) is 0 Å². The third kappa shape index (κ3) is 4.66. The van der Waals surface area contributed by atoms with Crippen LogP contribution in [0.2, 0.25) is 0 Å². The first-order valence-corrected chi connectivity index (χ1v) is 10.5. The van der Waals surface area contributed by atoms with Gasteiger partial charge in [-0.3, -0.25) is 9.59 Å². The number of amides is 2. The minimum Gasteiger partial charge on any atom is -0.371 e. The fourth-order valence-corrected chi connectivity index (χ4v) is 3.89. The Morgan fingerprint density at radius 3 is 2.52 bits per heavy atom. The maximum Gasteiger partial charge on any atom is 0.257 e. The molecule has 1 aromatic carbocycles. The molecule has 1 fully saturated rings. The van der Waals surface area contributed by atoms with Crippen LogP contribution in [0, 0.1) is 5.92 Å². The SMILES string of the molecule is NCCc1cnc2c(C(=O)NCc3ccc(N4CCC(C(N)=O)CC4)cc3)cnn2c1. The highest BCUT2D eigenvalue weighted by molar-refractivity contribution is 5.99. The van der Waals surface area contributed by atoms with Crippen LogP contribution in [0.1, 0.15) is 34.3 Å². The van der Waals surface area contributed by atoms with Crippen LogP contribution < -0.4 is 21.7 Å². The molecule has 0 spiro atoms. The van der Waals surface area contributed by atoms with Crippen molar-refractivity contribution in [3.05, 3.63) is 59.5 Å². The van der Waals surface area contributed by atoms with Gasteiger partial charge in [0.05, 0.1) is 6.20 Å². The molecule has 3 heterocycles. The lowest BCUT2D eigenvalue weighted by Crippen LogP contribution is -2.38. The predicted molar refractivity (Wildman–Crippen MR) is 117 cm³/mol. The highest BCUT2D eigenvalue weighted by Crippen LogP contribution is 2.23. The van der Waals surface area contributed by atoms with E-state index < -0.39 is 0 Å². The summed E-state index contributed by atoms with van der Waals surface area (Å²) in [6.45, 7) is 2.58. The Bertz CT molecular complexity index is 1070. The van der Waals surface area contributed by atoms with Crippen LogP contribution in [-0.4, -0.2) is 46.0 Å². The first-order chi connectivity index (χ1) is 15.0. The molecule has 4 rings (SSSR count). The van der Waals surface area contributed by atoms with Gasteiger partial charge in [0.15, 0.2) is 5.65 Å². The molecule has 2 aromatic heterocycles. The molecule has 3 aromatic rings. The monoisotopic (exact) mass is 421 g/mol. The van der Waals surface area contributed by atoms with Crippen molar-refractivity contribution in [1.29, 1.82) is 0 Å². The van der Waals surface area contributed by atoms with Gasteiger partial charge in [0.1, 0.15) is 5.56 Å². The summed E-state index contributed by atoms with van der Waals surface area (Å²) in [6.07, 6.45) is 7.39. The van der Waals surface area contributed by atoms with Gasteiger partial charge in [-0.1, -0.05) is 12.1 Å². The average molecular weight is 422 g/mol. The number of fused-ring (bicyclic) bond motifs is 1. The lowest BCUT2D eigenvalue weighted by molar-refractivity contribution is -0.122. The van der Waals surface area contributed by atoms with E-state index in [0.29, 0.717) is 30.7 Å². The number of aromatic nitrogens is 3. The minimum atomic E-state index is -0.216. The van der Waals surface area contributed by atoms with Gasteiger partial charge >= 0.3 is 0 Å². The van der Waals surface area contributed by atoms with E-state index in [9.17, 15) is 9.59 Å². The van der Waals surface area contributed by atoms with Crippen LogP contribution in [0.5, 0.6) is 0 Å². The van der Waals surface area contributed by atoms with Crippen molar-refractivity contribution in [3.63, 3.8) is 0 Å². The number of hydrogen-bond donors (Lipinski definition) is 3. The zero-order valence-corrected chi connectivity index (χ0v) is 17.3. The summed E-state index contributed by atoms with van der Waals surface area (Å²) in [7, 11) is 0. The van der Waals surface area contributed by atoms with Gasteiger partial charge in [0, 0.05) is 43.6 Å². The molecule has 9 nitrogen and oxygen atoms in total. The third-order valence-corrected chi connectivity index (χ3v) is 5.74. The van der Waals surface area contributed by atoms with E-state index in [1.165, 1.54) is 6.20 Å². The first-order valence-electron chi connectivity index (χ1n) is 10.5. The quantitative estimate of drug-likeness (QED) is 0.518. The molecule has 0 radical (unpaired) electrons. The molecule has 0 saturated carbocycles. The van der Waals surface area contributed by atoms with Gasteiger partial charge in [0.2, 0.25) is 5.91 Å². The molecule has 0 bridgehead atoms. The van der Waals surface area contributed by atoms with Crippen molar-refractivity contribution in [2.45, 2.75) is 25.8 Å². The number of hydrogen-bond acceptors (Lipinski definition) is 6. The Labute approximate surface area is 180 Å². The van der Waals surface area contributed by atoms with Gasteiger partial charge in [-0.25, -0.2) is 9.50 Å². The van der Waals surface area contributed by atoms with Crippen molar-refractivity contribution in [1.82, 2.24) is 19.9 Å². The Morgan fingerprint density at radius 1 is 1.10 bits per heavy atom. The van der Waals surface area contributed by atoms with E-state index >= 15 is 0 Å². The molecule has 2 amide bonds. The molecular weight excluding hydrogens is 394 g/mol. The zero-order chi connectivity index (χ0) is 21.8. The number of benzene rings is 1. The van der Waals surface area contributed by atoms with Crippen LogP contribution in [-0.2, 0) is 17.8 Å². The Hall–Kier alpha value is -3.46. The van der Waals surface area contributed by atoms with Gasteiger partial charge in [0.25, 0.3) is 5.91 Å². The maximum atomic E-state index is 12.6. The predicted octanol–water partition coefficient (Wildman–Crippen LogP) is 0.862. The summed E-state index contributed by atoms with van der Waals surface area (Å²) < 4.78 is 1.61. The number of piperidine rings is 1. The summed E-state index contributed by atoms with van der Waals surface area (Å²) in [5.41, 5.74) is 15.0. The molecule has 9 heteroatoms. The normalized spacial score (nSPS) is 14.7. The van der Waals surface area contributed by atoms with Crippen molar-refractivity contribution in [3.8, 4) is 0 Å². The van der Waals surface area contributed by atoms with Crippen LogP contribution >= 0.6 is 0 Å². The van der Waals surface area contributed by atoms with Crippen molar-refractivity contribution in [2.75, 3.05) is 24.5 Å². The number of primary amides is 1. The molecule has 162 valence electrons. The second-order valence-corrected chi connectivity index (χ2v) is 7.84. The Kier molecular flexibility index (Phi) is 6.13. The molecule has 1 saturated heterocycles. The van der Waals surface area contributed by atoms with Gasteiger partial charge in [-0.05, 0) is 49.1 Å². The van der Waals surface area contributed by atoms with Crippen molar-refractivity contribution >= 4 is 23.1 Å². The number of rotatable bonds is 7. The fourth-order valence-electron chi connectivity index (χ4n) is 3.89. The van der Waals surface area contributed by atoms with Gasteiger partial charge < -0.3 is 21.7 Å². The maximum absolute atomic E-state index is 12.6. The lowest BCUT2D eigenvalue weighted by Gasteiger charge is -2.32. The van der Waals surface area contributed by atoms with E-state index in [4.69, 9.17) is 11.5 Å². The number of nitrogens with zero attached hydrogens (tertiary/aromatic N) is 4. The number of carbonyl (C=O) groups is 2. The van der Waals surface area contributed by atoms with E-state index in [2.05, 4.69) is 20.3 Å². The molecule has 5 N–H and O–H groups in total. The fraction of sp³-hybridized carbons (Fsp3) is 0.364. The molecule has 31 heavy (non-hydrogen) atoms. The standard InChI is InChI=1S/C22H27N7O2/c23-8-5-16-12-25-21-19(13-27-29(21)14-16)22(31)26-11-15-1-3-18(4-2-15)28-9-6-17(7-10-28)20(24)30/h1-4,12-14,17H,5-11,23H2,(H2,24,30)(H,26,31). The summed E-state index contributed by atoms with van der Waals surface area (Å²) in [4.78, 5) is 30.6. The molecule has 0 unspecified atom stereocenters. The van der Waals surface area contributed by atoms with E-state index in [0.717, 1.165) is 42.7 Å². The molecule has 1 aliphatic heterocycles. The lowest BCUT2D eigenvalue weighted by atomic mass is 9.96. The Balaban J connectivity index is 1.35. The molecule has 0 aliphatic carbocycles. The summed E-state index contributed by atoms with van der Waals surface area (Å²) >= 11 is 0. The topological polar surface area (TPSA) is 132 Å². The highest BCUT2D eigenvalue weighted by Gasteiger charge is 2.23. The zero-order valence-electron chi connectivity index (χ0n) is 17.3. The smallest absolute Gasteiger partial charge is 0.257 e. The van der Waals surface area contributed by atoms with Crippen LogP contribution in [0.3, 0.4) is 0 Å².